The summed E-state index contributed by atoms with van der Waals surface area (Å²) in [5, 5.41) is 0. The second-order valence-corrected chi connectivity index (χ2v) is 6.42. The molecule has 116 valence electrons. The molecule has 4 nitrogen and oxygen atoms in total. The predicted octanol–water partition coefficient (Wildman–Crippen LogP) is 3.24. The Morgan fingerprint density at radius 3 is 2.95 bits per heavy atom. The van der Waals surface area contributed by atoms with Gasteiger partial charge in [0.2, 0.25) is 5.88 Å². The van der Waals surface area contributed by atoms with Crippen LogP contribution in [0.5, 0.6) is 5.88 Å². The summed E-state index contributed by atoms with van der Waals surface area (Å²) >= 11 is 0. The van der Waals surface area contributed by atoms with E-state index < -0.39 is 0 Å². The van der Waals surface area contributed by atoms with Crippen LogP contribution in [0.15, 0.2) is 12.4 Å². The van der Waals surface area contributed by atoms with Crippen LogP contribution in [-0.2, 0) is 0 Å². The molecule has 3 rings (SSSR count). The minimum atomic E-state index is 0.520. The monoisotopic (exact) mass is 289 g/mol. The van der Waals surface area contributed by atoms with Crippen LogP contribution in [0.1, 0.15) is 57.1 Å². The Labute approximate surface area is 127 Å². The highest BCUT2D eigenvalue weighted by Gasteiger charge is 2.38. The van der Waals surface area contributed by atoms with E-state index in [0.29, 0.717) is 5.92 Å². The van der Waals surface area contributed by atoms with Gasteiger partial charge in [-0.25, -0.2) is 4.98 Å². The molecule has 4 heteroatoms. The van der Waals surface area contributed by atoms with Crippen molar-refractivity contribution in [3.8, 4) is 5.88 Å². The molecular weight excluding hydrogens is 262 g/mol. The summed E-state index contributed by atoms with van der Waals surface area (Å²) in [6, 6.07) is 0. The number of unbranched alkanes of at least 4 members (excludes halogenated alkanes) is 3. The molecule has 2 fully saturated rings. The molecule has 2 aliphatic heterocycles. The zero-order valence-corrected chi connectivity index (χ0v) is 13.1. The van der Waals surface area contributed by atoms with Crippen LogP contribution in [-0.4, -0.2) is 41.1 Å². The minimum absolute atomic E-state index is 0.520. The van der Waals surface area contributed by atoms with Crippen molar-refractivity contribution in [2.24, 2.45) is 5.92 Å². The van der Waals surface area contributed by atoms with E-state index in [0.717, 1.165) is 37.1 Å². The number of piperidine rings is 1. The van der Waals surface area contributed by atoms with Crippen LogP contribution in [0, 0.1) is 5.92 Å². The zero-order chi connectivity index (χ0) is 14.5. The topological polar surface area (TPSA) is 38.3 Å². The van der Waals surface area contributed by atoms with Gasteiger partial charge in [-0.05, 0) is 31.7 Å². The summed E-state index contributed by atoms with van der Waals surface area (Å²) < 4.78 is 5.95. The normalized spacial score (nSPS) is 27.8. The molecule has 2 bridgehead atoms. The Balaban J connectivity index is 1.62. The SMILES string of the molecule is CCCCCCOc1nccnc1[C@@H]1CN2CCC[C@H]1C2. The molecule has 0 spiro atoms. The molecule has 2 saturated heterocycles. The van der Waals surface area contributed by atoms with Crippen molar-refractivity contribution in [3.63, 3.8) is 0 Å². The molecule has 0 aromatic carbocycles. The zero-order valence-electron chi connectivity index (χ0n) is 13.1. The van der Waals surface area contributed by atoms with Crippen LogP contribution in [0.25, 0.3) is 0 Å². The first-order valence-corrected chi connectivity index (χ1v) is 8.54. The quantitative estimate of drug-likeness (QED) is 0.722. The van der Waals surface area contributed by atoms with Gasteiger partial charge >= 0.3 is 0 Å². The molecule has 1 aromatic rings. The first kappa shape index (κ1) is 14.8. The molecule has 2 aliphatic rings. The van der Waals surface area contributed by atoms with Crippen molar-refractivity contribution < 1.29 is 4.74 Å². The number of aromatic nitrogens is 2. The van der Waals surface area contributed by atoms with E-state index in [1.807, 2.05) is 6.20 Å². The largest absolute Gasteiger partial charge is 0.476 e. The summed E-state index contributed by atoms with van der Waals surface area (Å²) in [6.45, 7) is 6.62. The Bertz CT molecular complexity index is 451. The summed E-state index contributed by atoms with van der Waals surface area (Å²) in [5.41, 5.74) is 1.10. The van der Waals surface area contributed by atoms with Crippen molar-refractivity contribution in [2.75, 3.05) is 26.2 Å². The first-order chi connectivity index (χ1) is 10.4. The van der Waals surface area contributed by atoms with E-state index in [2.05, 4.69) is 21.8 Å². The first-order valence-electron chi connectivity index (χ1n) is 8.54. The molecule has 0 saturated carbocycles. The minimum Gasteiger partial charge on any atom is -0.476 e. The van der Waals surface area contributed by atoms with Crippen LogP contribution in [0.4, 0.5) is 0 Å². The van der Waals surface area contributed by atoms with Gasteiger partial charge < -0.3 is 9.64 Å². The molecule has 0 amide bonds. The molecule has 0 N–H and O–H groups in total. The Kier molecular flexibility index (Phi) is 5.07. The maximum absolute atomic E-state index is 5.95. The van der Waals surface area contributed by atoms with Gasteiger partial charge in [-0.15, -0.1) is 0 Å². The average Bonchev–Trinajstić information content (AvgIpc) is 2.81. The molecular formula is C17H27N3O. The highest BCUT2D eigenvalue weighted by Crippen LogP contribution is 2.40. The number of ether oxygens (including phenoxy) is 1. The average molecular weight is 289 g/mol. The molecule has 0 radical (unpaired) electrons. The summed E-state index contributed by atoms with van der Waals surface area (Å²) in [7, 11) is 0. The van der Waals surface area contributed by atoms with Crippen molar-refractivity contribution in [2.45, 2.75) is 51.4 Å². The summed E-state index contributed by atoms with van der Waals surface area (Å²) in [5.74, 6) is 2.05. The standard InChI is InChI=1S/C17H27N3O/c1-2-3-4-5-11-21-17-16(18-8-9-19-17)15-13-20-10-6-7-14(15)12-20/h8-9,14-15H,2-7,10-13H2,1H3/t14-,15+/m0/s1. The van der Waals surface area contributed by atoms with Crippen molar-refractivity contribution in [3.05, 3.63) is 18.1 Å². The van der Waals surface area contributed by atoms with Crippen LogP contribution < -0.4 is 4.74 Å². The third kappa shape index (κ3) is 3.54. The van der Waals surface area contributed by atoms with Crippen molar-refractivity contribution in [1.82, 2.24) is 14.9 Å². The lowest BCUT2D eigenvalue weighted by Crippen LogP contribution is -2.25. The lowest BCUT2D eigenvalue weighted by Gasteiger charge is -2.22. The van der Waals surface area contributed by atoms with Crippen molar-refractivity contribution >= 4 is 0 Å². The lowest BCUT2D eigenvalue weighted by atomic mass is 9.89. The van der Waals surface area contributed by atoms with Crippen LogP contribution in [0.2, 0.25) is 0 Å². The Morgan fingerprint density at radius 2 is 2.10 bits per heavy atom. The summed E-state index contributed by atoms with van der Waals surface area (Å²) in [4.78, 5) is 11.6. The number of hydrogen-bond acceptors (Lipinski definition) is 4. The van der Waals surface area contributed by atoms with Crippen molar-refractivity contribution in [1.29, 1.82) is 0 Å². The van der Waals surface area contributed by atoms with E-state index >= 15 is 0 Å². The second kappa shape index (κ2) is 7.21. The fourth-order valence-corrected chi connectivity index (χ4v) is 3.72. The van der Waals surface area contributed by atoms with Gasteiger partial charge in [0.15, 0.2) is 0 Å². The molecule has 3 heterocycles. The third-order valence-electron chi connectivity index (χ3n) is 4.84. The Morgan fingerprint density at radius 1 is 1.19 bits per heavy atom. The number of fused-ring (bicyclic) bond motifs is 2. The fourth-order valence-electron chi connectivity index (χ4n) is 3.72. The van der Waals surface area contributed by atoms with Gasteiger partial charge in [0.1, 0.15) is 5.69 Å². The molecule has 21 heavy (non-hydrogen) atoms. The van der Waals surface area contributed by atoms with Gasteiger partial charge in [0.25, 0.3) is 0 Å². The Hall–Kier alpha value is -1.16. The number of nitrogens with zero attached hydrogens (tertiary/aromatic N) is 3. The van der Waals surface area contributed by atoms with Crippen LogP contribution in [0.3, 0.4) is 0 Å². The number of rotatable bonds is 7. The highest BCUT2D eigenvalue weighted by atomic mass is 16.5. The highest BCUT2D eigenvalue weighted by molar-refractivity contribution is 5.25. The van der Waals surface area contributed by atoms with Crippen LogP contribution >= 0.6 is 0 Å². The van der Waals surface area contributed by atoms with Gasteiger partial charge in [-0.3, -0.25) is 4.98 Å². The smallest absolute Gasteiger partial charge is 0.235 e. The predicted molar refractivity (Wildman–Crippen MR) is 83.6 cm³/mol. The van der Waals surface area contributed by atoms with E-state index in [9.17, 15) is 0 Å². The van der Waals surface area contributed by atoms with E-state index in [1.165, 1.54) is 45.2 Å². The third-order valence-corrected chi connectivity index (χ3v) is 4.84. The van der Waals surface area contributed by atoms with Gasteiger partial charge in [0, 0.05) is 31.4 Å². The fraction of sp³-hybridized carbons (Fsp3) is 0.765. The van der Waals surface area contributed by atoms with Gasteiger partial charge in [-0.2, -0.15) is 0 Å². The lowest BCUT2D eigenvalue weighted by molar-refractivity contribution is 0.268. The summed E-state index contributed by atoms with van der Waals surface area (Å²) in [6.07, 6.45) is 11.1. The van der Waals surface area contributed by atoms with E-state index in [1.54, 1.807) is 6.20 Å². The molecule has 1 aromatic heterocycles. The molecule has 0 aliphatic carbocycles. The maximum Gasteiger partial charge on any atom is 0.235 e. The van der Waals surface area contributed by atoms with E-state index in [-0.39, 0.29) is 0 Å². The second-order valence-electron chi connectivity index (χ2n) is 6.42. The molecule has 3 atom stereocenters. The van der Waals surface area contributed by atoms with E-state index in [4.69, 9.17) is 4.74 Å². The number of hydrogen-bond donors (Lipinski definition) is 0. The maximum atomic E-state index is 5.95. The van der Waals surface area contributed by atoms with Gasteiger partial charge in [0.05, 0.1) is 6.61 Å². The molecule has 1 unspecified atom stereocenters. The van der Waals surface area contributed by atoms with Gasteiger partial charge in [-0.1, -0.05) is 26.2 Å².